The number of aryl methyl sites for hydroxylation is 2. The molecule has 0 spiro atoms. The second kappa shape index (κ2) is 12.3. The molecule has 0 aromatic heterocycles. The quantitative estimate of drug-likeness (QED) is 0.375. The Balaban J connectivity index is 1.32. The van der Waals surface area contributed by atoms with Crippen LogP contribution in [0, 0.1) is 5.92 Å². The van der Waals surface area contributed by atoms with E-state index in [-0.39, 0.29) is 18.9 Å². The second-order valence-electron chi connectivity index (χ2n) is 8.97. The van der Waals surface area contributed by atoms with Gasteiger partial charge in [-0.2, -0.15) is 0 Å². The van der Waals surface area contributed by atoms with Gasteiger partial charge in [-0.1, -0.05) is 44.2 Å². The van der Waals surface area contributed by atoms with Crippen molar-refractivity contribution in [2.24, 2.45) is 5.92 Å². The van der Waals surface area contributed by atoms with E-state index in [0.717, 1.165) is 29.7 Å². The normalized spacial score (nSPS) is 14.8. The molecule has 3 aromatic carbocycles. The van der Waals surface area contributed by atoms with Crippen LogP contribution in [-0.4, -0.2) is 38.0 Å². The van der Waals surface area contributed by atoms with Gasteiger partial charge in [0, 0.05) is 24.3 Å². The molecular weight excluding hydrogens is 484 g/mol. The van der Waals surface area contributed by atoms with Crippen molar-refractivity contribution in [2.45, 2.75) is 33.1 Å². The molecule has 1 atom stereocenters. The third-order valence-corrected chi connectivity index (χ3v) is 6.51. The molecule has 38 heavy (non-hydrogen) atoms. The number of carbonyl (C=O) groups excluding carboxylic acids is 3. The molecule has 198 valence electrons. The maximum Gasteiger partial charge on any atom is 0.311 e. The number of rotatable bonds is 10. The summed E-state index contributed by atoms with van der Waals surface area (Å²) in [5.41, 5.74) is 3.48. The lowest BCUT2D eigenvalue weighted by Gasteiger charge is -2.17. The molecule has 0 unspecified atom stereocenters. The van der Waals surface area contributed by atoms with Crippen molar-refractivity contribution in [3.63, 3.8) is 0 Å². The Morgan fingerprint density at radius 3 is 2.21 bits per heavy atom. The van der Waals surface area contributed by atoms with Crippen LogP contribution in [0.1, 0.15) is 31.4 Å². The van der Waals surface area contributed by atoms with E-state index in [1.165, 1.54) is 0 Å². The number of amides is 2. The van der Waals surface area contributed by atoms with Crippen molar-refractivity contribution >= 4 is 29.2 Å². The van der Waals surface area contributed by atoms with E-state index in [1.807, 2.05) is 50.2 Å². The fourth-order valence-corrected chi connectivity index (χ4v) is 4.47. The van der Waals surface area contributed by atoms with E-state index >= 15 is 0 Å². The Morgan fingerprint density at radius 2 is 1.58 bits per heavy atom. The van der Waals surface area contributed by atoms with Gasteiger partial charge >= 0.3 is 5.97 Å². The predicted molar refractivity (Wildman–Crippen MR) is 145 cm³/mol. The number of carbonyl (C=O) groups is 3. The molecule has 8 nitrogen and oxygen atoms in total. The monoisotopic (exact) mass is 516 g/mol. The van der Waals surface area contributed by atoms with Crippen LogP contribution in [-0.2, 0) is 32.0 Å². The molecule has 1 aliphatic rings. The fourth-order valence-electron chi connectivity index (χ4n) is 4.47. The number of nitrogens with one attached hydrogen (secondary N) is 1. The van der Waals surface area contributed by atoms with Crippen LogP contribution in [0.4, 0.5) is 11.4 Å². The SMILES string of the molecule is CCc1cccc(CC)c1NC(=O)COC(=O)[C@@H]1CC(=O)N(c2ccc(Oc3ccccc3OC)cc2)C1. The summed E-state index contributed by atoms with van der Waals surface area (Å²) in [5.74, 6) is -0.0130. The Morgan fingerprint density at radius 1 is 0.921 bits per heavy atom. The van der Waals surface area contributed by atoms with Gasteiger partial charge in [0.15, 0.2) is 18.1 Å². The second-order valence-corrected chi connectivity index (χ2v) is 8.97. The molecule has 3 aromatic rings. The predicted octanol–water partition coefficient (Wildman–Crippen LogP) is 5.15. The highest BCUT2D eigenvalue weighted by molar-refractivity contribution is 6.00. The maximum atomic E-state index is 12.7. The van der Waals surface area contributed by atoms with Gasteiger partial charge in [-0.3, -0.25) is 14.4 Å². The highest BCUT2D eigenvalue weighted by Gasteiger charge is 2.36. The summed E-state index contributed by atoms with van der Waals surface area (Å²) in [6, 6.07) is 20.3. The van der Waals surface area contributed by atoms with Crippen LogP contribution in [0.25, 0.3) is 0 Å². The molecule has 0 aliphatic carbocycles. The van der Waals surface area contributed by atoms with Crippen molar-refractivity contribution in [3.8, 4) is 17.2 Å². The van der Waals surface area contributed by atoms with Gasteiger partial charge in [0.25, 0.3) is 5.91 Å². The van der Waals surface area contributed by atoms with Crippen LogP contribution in [0.2, 0.25) is 0 Å². The highest BCUT2D eigenvalue weighted by Crippen LogP contribution is 2.33. The van der Waals surface area contributed by atoms with Crippen molar-refractivity contribution < 1.29 is 28.6 Å². The molecule has 0 bridgehead atoms. The summed E-state index contributed by atoms with van der Waals surface area (Å²) in [6.45, 7) is 3.83. The first-order chi connectivity index (χ1) is 18.4. The van der Waals surface area contributed by atoms with Crippen molar-refractivity contribution in [1.82, 2.24) is 0 Å². The van der Waals surface area contributed by atoms with Crippen LogP contribution < -0.4 is 19.7 Å². The first kappa shape index (κ1) is 26.7. The van der Waals surface area contributed by atoms with Crippen molar-refractivity contribution in [3.05, 3.63) is 77.9 Å². The first-order valence-corrected chi connectivity index (χ1v) is 12.7. The third kappa shape index (κ3) is 6.14. The molecule has 1 N–H and O–H groups in total. The molecule has 1 saturated heterocycles. The lowest BCUT2D eigenvalue weighted by Crippen LogP contribution is -2.28. The lowest BCUT2D eigenvalue weighted by atomic mass is 10.0. The van der Waals surface area contributed by atoms with Crippen LogP contribution in [0.3, 0.4) is 0 Å². The largest absolute Gasteiger partial charge is 0.493 e. The number of anilines is 2. The Kier molecular flexibility index (Phi) is 8.63. The summed E-state index contributed by atoms with van der Waals surface area (Å²) in [5, 5.41) is 2.89. The van der Waals surface area contributed by atoms with Crippen molar-refractivity contribution in [1.29, 1.82) is 0 Å². The topological polar surface area (TPSA) is 94.2 Å². The Hall–Kier alpha value is -4.33. The zero-order chi connectivity index (χ0) is 27.1. The lowest BCUT2D eigenvalue weighted by molar-refractivity contribution is -0.151. The van der Waals surface area contributed by atoms with E-state index in [4.69, 9.17) is 14.2 Å². The van der Waals surface area contributed by atoms with E-state index in [9.17, 15) is 14.4 Å². The average Bonchev–Trinajstić information content (AvgIpc) is 3.34. The van der Waals surface area contributed by atoms with Crippen LogP contribution in [0.5, 0.6) is 17.2 Å². The summed E-state index contributed by atoms with van der Waals surface area (Å²) in [7, 11) is 1.58. The summed E-state index contributed by atoms with van der Waals surface area (Å²) < 4.78 is 16.5. The highest BCUT2D eigenvalue weighted by atomic mass is 16.5. The fraction of sp³-hybridized carbons (Fsp3) is 0.300. The minimum absolute atomic E-state index is 0.0264. The van der Waals surface area contributed by atoms with Gasteiger partial charge in [-0.05, 0) is 60.4 Å². The van der Waals surface area contributed by atoms with Gasteiger partial charge in [-0.15, -0.1) is 0 Å². The third-order valence-electron chi connectivity index (χ3n) is 6.51. The molecular formula is C30H32N2O6. The number of methoxy groups -OCH3 is 1. The van der Waals surface area contributed by atoms with Gasteiger partial charge in [-0.25, -0.2) is 0 Å². The van der Waals surface area contributed by atoms with E-state index < -0.39 is 24.4 Å². The molecule has 1 aliphatic heterocycles. The minimum Gasteiger partial charge on any atom is -0.493 e. The van der Waals surface area contributed by atoms with Gasteiger partial charge in [0.2, 0.25) is 5.91 Å². The van der Waals surface area contributed by atoms with Gasteiger partial charge in [0.1, 0.15) is 5.75 Å². The number of benzene rings is 3. The Bertz CT molecular complexity index is 1280. The Labute approximate surface area is 222 Å². The standard InChI is InChI=1S/C30H32N2O6/c1-4-20-9-8-10-21(5-2)29(20)31-27(33)19-37-30(35)22-17-28(34)32(18-22)23-13-15-24(16-14-23)38-26-12-7-6-11-25(26)36-3/h6-16,22H,4-5,17-19H2,1-3H3,(H,31,33)/t22-/m1/s1. The number of para-hydroxylation sites is 3. The molecule has 0 radical (unpaired) electrons. The number of hydrogen-bond donors (Lipinski definition) is 1. The van der Waals surface area contributed by atoms with Gasteiger partial charge in [0.05, 0.1) is 13.0 Å². The molecule has 2 amide bonds. The number of esters is 1. The number of nitrogens with zero attached hydrogens (tertiary/aromatic N) is 1. The van der Waals surface area contributed by atoms with Crippen LogP contribution >= 0.6 is 0 Å². The average molecular weight is 517 g/mol. The first-order valence-electron chi connectivity index (χ1n) is 12.7. The van der Waals surface area contributed by atoms with Gasteiger partial charge < -0.3 is 24.4 Å². The van der Waals surface area contributed by atoms with E-state index in [0.29, 0.717) is 22.9 Å². The zero-order valence-corrected chi connectivity index (χ0v) is 21.9. The van der Waals surface area contributed by atoms with E-state index in [1.54, 1.807) is 42.3 Å². The zero-order valence-electron chi connectivity index (χ0n) is 21.9. The number of ether oxygens (including phenoxy) is 3. The van der Waals surface area contributed by atoms with Crippen LogP contribution in [0.15, 0.2) is 66.7 Å². The molecule has 1 heterocycles. The summed E-state index contributed by atoms with van der Waals surface area (Å²) in [6.07, 6.45) is 1.58. The minimum atomic E-state index is -0.645. The number of hydrogen-bond acceptors (Lipinski definition) is 6. The summed E-state index contributed by atoms with van der Waals surface area (Å²) >= 11 is 0. The van der Waals surface area contributed by atoms with Crippen molar-refractivity contribution in [2.75, 3.05) is 30.5 Å². The molecule has 8 heteroatoms. The summed E-state index contributed by atoms with van der Waals surface area (Å²) in [4.78, 5) is 39.4. The molecule has 1 fully saturated rings. The molecule has 4 rings (SSSR count). The smallest absolute Gasteiger partial charge is 0.311 e. The maximum absolute atomic E-state index is 12.7. The molecule has 0 saturated carbocycles. The van der Waals surface area contributed by atoms with E-state index in [2.05, 4.69) is 5.32 Å².